The van der Waals surface area contributed by atoms with E-state index in [1.54, 1.807) is 0 Å². The highest BCUT2D eigenvalue weighted by molar-refractivity contribution is 4.85. The molecule has 2 saturated carbocycles. The molecule has 0 unspecified atom stereocenters. The number of alkyl halides is 2. The van der Waals surface area contributed by atoms with Gasteiger partial charge in [-0.2, -0.15) is 0 Å². The Balaban J connectivity index is 1.42. The van der Waals surface area contributed by atoms with E-state index in [4.69, 9.17) is 4.74 Å². The minimum Gasteiger partial charge on any atom is -0.373 e. The van der Waals surface area contributed by atoms with Crippen LogP contribution in [0.4, 0.5) is 8.78 Å². The minimum absolute atomic E-state index is 0.0470. The fourth-order valence-corrected chi connectivity index (χ4v) is 3.25. The highest BCUT2D eigenvalue weighted by atomic mass is 19.3. The van der Waals surface area contributed by atoms with Gasteiger partial charge in [-0.1, -0.05) is 0 Å². The molecule has 2 nitrogen and oxygen atoms in total. The third-order valence-electron chi connectivity index (χ3n) is 4.42. The molecular weight excluding hydrogens is 236 g/mol. The van der Waals surface area contributed by atoms with Gasteiger partial charge in [0.25, 0.3) is 5.92 Å². The van der Waals surface area contributed by atoms with Crippen LogP contribution in [-0.4, -0.2) is 42.7 Å². The van der Waals surface area contributed by atoms with Crippen molar-refractivity contribution in [1.29, 1.82) is 0 Å². The lowest BCUT2D eigenvalue weighted by Crippen LogP contribution is -2.35. The Morgan fingerprint density at radius 1 is 1.11 bits per heavy atom. The first kappa shape index (κ1) is 12.8. The molecule has 0 radical (unpaired) electrons. The summed E-state index contributed by atoms with van der Waals surface area (Å²) in [4.78, 5) is 2.45. The molecule has 2 atom stereocenters. The monoisotopic (exact) mass is 259 g/mol. The van der Waals surface area contributed by atoms with Crippen LogP contribution in [0.25, 0.3) is 0 Å². The van der Waals surface area contributed by atoms with Crippen LogP contribution in [0.15, 0.2) is 0 Å². The van der Waals surface area contributed by atoms with E-state index < -0.39 is 5.92 Å². The molecule has 3 fully saturated rings. The molecule has 4 heteroatoms. The van der Waals surface area contributed by atoms with Crippen LogP contribution in [0, 0.1) is 5.92 Å². The van der Waals surface area contributed by atoms with Gasteiger partial charge in [-0.15, -0.1) is 0 Å². The molecule has 2 aliphatic carbocycles. The van der Waals surface area contributed by atoms with E-state index in [1.807, 2.05) is 0 Å². The minimum atomic E-state index is -2.49. The molecule has 1 saturated heterocycles. The summed E-state index contributed by atoms with van der Waals surface area (Å²) in [6.45, 7) is 3.24. The van der Waals surface area contributed by atoms with E-state index in [0.717, 1.165) is 31.8 Å². The number of rotatable bonds is 4. The maximum Gasteiger partial charge on any atom is 0.250 e. The maximum atomic E-state index is 13.3. The quantitative estimate of drug-likeness (QED) is 0.769. The molecule has 0 aromatic rings. The van der Waals surface area contributed by atoms with Crippen molar-refractivity contribution in [3.8, 4) is 0 Å². The predicted molar refractivity (Wildman–Crippen MR) is 65.9 cm³/mol. The summed E-state index contributed by atoms with van der Waals surface area (Å²) in [7, 11) is 0. The Hall–Kier alpha value is -0.220. The van der Waals surface area contributed by atoms with Crippen LogP contribution in [0.1, 0.15) is 44.9 Å². The van der Waals surface area contributed by atoms with E-state index in [-0.39, 0.29) is 25.0 Å². The molecule has 3 rings (SSSR count). The van der Waals surface area contributed by atoms with Crippen LogP contribution in [0.3, 0.4) is 0 Å². The van der Waals surface area contributed by atoms with Crippen molar-refractivity contribution in [3.05, 3.63) is 0 Å². The number of hydrogen-bond acceptors (Lipinski definition) is 2. The van der Waals surface area contributed by atoms with Gasteiger partial charge >= 0.3 is 0 Å². The number of likely N-dealkylation sites (tertiary alicyclic amines) is 1. The van der Waals surface area contributed by atoms with E-state index in [1.165, 1.54) is 19.4 Å². The van der Waals surface area contributed by atoms with Gasteiger partial charge < -0.3 is 9.64 Å². The topological polar surface area (TPSA) is 12.5 Å². The summed E-state index contributed by atoms with van der Waals surface area (Å²) in [5.74, 6) is -1.59. The van der Waals surface area contributed by atoms with Crippen molar-refractivity contribution >= 4 is 0 Å². The zero-order chi connectivity index (χ0) is 12.6. The van der Waals surface area contributed by atoms with Gasteiger partial charge in [-0.3, -0.25) is 0 Å². The molecule has 104 valence electrons. The number of hydrogen-bond donors (Lipinski definition) is 0. The van der Waals surface area contributed by atoms with Crippen molar-refractivity contribution in [2.75, 3.05) is 19.6 Å². The Morgan fingerprint density at radius 3 is 2.67 bits per heavy atom. The van der Waals surface area contributed by atoms with Gasteiger partial charge in [0.15, 0.2) is 0 Å². The van der Waals surface area contributed by atoms with Gasteiger partial charge in [-0.05, 0) is 38.0 Å². The largest absolute Gasteiger partial charge is 0.373 e. The molecule has 0 N–H and O–H groups in total. The summed E-state index contributed by atoms with van der Waals surface area (Å²) in [5.41, 5.74) is 0. The molecule has 0 amide bonds. The third kappa shape index (κ3) is 3.41. The van der Waals surface area contributed by atoms with Crippen molar-refractivity contribution in [2.24, 2.45) is 5.92 Å². The lowest BCUT2D eigenvalue weighted by atomic mass is 9.94. The Labute approximate surface area is 108 Å². The summed E-state index contributed by atoms with van der Waals surface area (Å²) < 4.78 is 32.5. The van der Waals surface area contributed by atoms with Crippen molar-refractivity contribution in [2.45, 2.75) is 63.1 Å². The zero-order valence-corrected chi connectivity index (χ0v) is 10.9. The first-order valence-corrected chi connectivity index (χ1v) is 7.36. The van der Waals surface area contributed by atoms with Crippen LogP contribution in [0.2, 0.25) is 0 Å². The lowest BCUT2D eigenvalue weighted by Gasteiger charge is -2.30. The zero-order valence-electron chi connectivity index (χ0n) is 10.9. The van der Waals surface area contributed by atoms with Crippen molar-refractivity contribution in [3.63, 3.8) is 0 Å². The van der Waals surface area contributed by atoms with Gasteiger partial charge in [0, 0.05) is 32.5 Å². The molecule has 1 heterocycles. The highest BCUT2D eigenvalue weighted by Crippen LogP contribution is 2.36. The van der Waals surface area contributed by atoms with Gasteiger partial charge in [0.05, 0.1) is 12.2 Å². The summed E-state index contributed by atoms with van der Waals surface area (Å²) in [6.07, 6.45) is 5.16. The molecule has 0 aromatic carbocycles. The van der Waals surface area contributed by atoms with Gasteiger partial charge in [0.2, 0.25) is 0 Å². The third-order valence-corrected chi connectivity index (χ3v) is 4.42. The molecule has 0 bridgehead atoms. The first-order chi connectivity index (χ1) is 8.61. The van der Waals surface area contributed by atoms with Crippen molar-refractivity contribution < 1.29 is 13.5 Å². The van der Waals surface area contributed by atoms with Crippen LogP contribution in [-0.2, 0) is 4.74 Å². The van der Waals surface area contributed by atoms with E-state index in [2.05, 4.69) is 4.90 Å². The second kappa shape index (κ2) is 5.04. The predicted octanol–water partition coefficient (Wildman–Crippen LogP) is 3.07. The maximum absolute atomic E-state index is 13.3. The number of ether oxygens (including phenoxy) is 1. The average molecular weight is 259 g/mol. The van der Waals surface area contributed by atoms with Crippen LogP contribution >= 0.6 is 0 Å². The molecular formula is C14H23F2NO. The molecule has 3 aliphatic rings. The van der Waals surface area contributed by atoms with E-state index >= 15 is 0 Å². The molecule has 18 heavy (non-hydrogen) atoms. The Kier molecular flexibility index (Phi) is 3.59. The fraction of sp³-hybridized carbons (Fsp3) is 1.00. The van der Waals surface area contributed by atoms with Crippen LogP contribution < -0.4 is 0 Å². The van der Waals surface area contributed by atoms with Crippen molar-refractivity contribution in [1.82, 2.24) is 4.90 Å². The average Bonchev–Trinajstić information content (AvgIpc) is 2.98. The standard InChI is InChI=1S/C14H23F2NO/c15-14(16)6-1-2-12(8-14)18-13-5-7-17(10-13)9-11-3-4-11/h11-13H,1-10H2/t12-,13-/m0/s1. The molecule has 0 spiro atoms. The Bertz CT molecular complexity index is 294. The molecule has 0 aromatic heterocycles. The van der Waals surface area contributed by atoms with Gasteiger partial charge in [0.1, 0.15) is 0 Å². The first-order valence-electron chi connectivity index (χ1n) is 7.36. The van der Waals surface area contributed by atoms with Gasteiger partial charge in [-0.25, -0.2) is 8.78 Å². The fourth-order valence-electron chi connectivity index (χ4n) is 3.25. The van der Waals surface area contributed by atoms with E-state index in [9.17, 15) is 8.78 Å². The number of halogens is 2. The SMILES string of the molecule is FC1(F)CCC[C@H](O[C@H]2CCN(CC3CC3)C2)C1. The Morgan fingerprint density at radius 2 is 1.94 bits per heavy atom. The summed E-state index contributed by atoms with van der Waals surface area (Å²) >= 11 is 0. The highest BCUT2D eigenvalue weighted by Gasteiger charge is 2.38. The second-order valence-electron chi connectivity index (χ2n) is 6.32. The lowest BCUT2D eigenvalue weighted by molar-refractivity contribution is -0.113. The summed E-state index contributed by atoms with van der Waals surface area (Å²) in [6, 6.07) is 0. The smallest absolute Gasteiger partial charge is 0.250 e. The number of nitrogens with zero attached hydrogens (tertiary/aromatic N) is 1. The van der Waals surface area contributed by atoms with E-state index in [0.29, 0.717) is 6.42 Å². The normalized spacial score (nSPS) is 37.0. The summed E-state index contributed by atoms with van der Waals surface area (Å²) in [5, 5.41) is 0. The van der Waals surface area contributed by atoms with Crippen LogP contribution in [0.5, 0.6) is 0 Å². The molecule has 1 aliphatic heterocycles. The second-order valence-corrected chi connectivity index (χ2v) is 6.32.